The number of methoxy groups -OCH3 is 1. The van der Waals surface area contributed by atoms with Crippen LogP contribution < -0.4 is 10.1 Å². The number of ether oxygens (including phenoxy) is 2. The van der Waals surface area contributed by atoms with E-state index < -0.39 is 0 Å². The number of anilines is 1. The van der Waals surface area contributed by atoms with Crippen molar-refractivity contribution in [3.05, 3.63) is 24.3 Å². The third-order valence-corrected chi connectivity index (χ3v) is 2.65. The fourth-order valence-corrected chi connectivity index (χ4v) is 1.55. The van der Waals surface area contributed by atoms with Crippen LogP contribution in [0.3, 0.4) is 0 Å². The lowest BCUT2D eigenvalue weighted by molar-refractivity contribution is -0.143. The average Bonchev–Trinajstić information content (AvgIpc) is 2.45. The molecule has 0 unspecified atom stereocenters. The molecule has 0 saturated heterocycles. The Hall–Kier alpha value is -2.24. The average molecular weight is 280 g/mol. The second kappa shape index (κ2) is 8.04. The number of nitrogens with zero attached hydrogens (tertiary/aromatic N) is 1. The molecule has 0 bridgehead atoms. The largest absolute Gasteiger partial charge is 0.495 e. The molecule has 0 fully saturated rings. The first-order valence-corrected chi connectivity index (χ1v) is 6.39. The first-order valence-electron chi connectivity index (χ1n) is 6.39. The van der Waals surface area contributed by atoms with Gasteiger partial charge < -0.3 is 19.7 Å². The van der Waals surface area contributed by atoms with Crippen LogP contribution in [0.25, 0.3) is 0 Å². The van der Waals surface area contributed by atoms with Gasteiger partial charge in [0.2, 0.25) is 0 Å². The predicted octanol–water partition coefficient (Wildman–Crippen LogP) is 2.11. The van der Waals surface area contributed by atoms with Gasteiger partial charge in [-0.3, -0.25) is 4.79 Å². The molecule has 1 aromatic carbocycles. The summed E-state index contributed by atoms with van der Waals surface area (Å²) in [6.45, 7) is 2.38. The fourth-order valence-electron chi connectivity index (χ4n) is 1.55. The maximum atomic E-state index is 12.0. The zero-order valence-electron chi connectivity index (χ0n) is 12.0. The Kier molecular flexibility index (Phi) is 6.36. The van der Waals surface area contributed by atoms with Gasteiger partial charge in [0.15, 0.2) is 0 Å². The summed E-state index contributed by atoms with van der Waals surface area (Å²) in [5, 5.41) is 2.73. The Morgan fingerprint density at radius 3 is 2.65 bits per heavy atom. The Balaban J connectivity index is 2.51. The molecule has 0 radical (unpaired) electrons. The van der Waals surface area contributed by atoms with Crippen LogP contribution in [-0.2, 0) is 9.53 Å². The van der Waals surface area contributed by atoms with Crippen LogP contribution in [0.2, 0.25) is 0 Å². The van der Waals surface area contributed by atoms with Crippen molar-refractivity contribution in [3.63, 3.8) is 0 Å². The summed E-state index contributed by atoms with van der Waals surface area (Å²) in [7, 11) is 3.15. The third kappa shape index (κ3) is 4.79. The molecule has 0 aliphatic rings. The van der Waals surface area contributed by atoms with Crippen molar-refractivity contribution >= 4 is 17.7 Å². The van der Waals surface area contributed by atoms with E-state index in [4.69, 9.17) is 9.47 Å². The van der Waals surface area contributed by atoms with E-state index in [9.17, 15) is 9.59 Å². The molecule has 20 heavy (non-hydrogen) atoms. The molecular weight excluding hydrogens is 260 g/mol. The molecule has 0 heterocycles. The van der Waals surface area contributed by atoms with Crippen LogP contribution in [-0.4, -0.2) is 44.2 Å². The maximum absolute atomic E-state index is 12.0. The Bertz CT molecular complexity index is 462. The summed E-state index contributed by atoms with van der Waals surface area (Å²) >= 11 is 0. The van der Waals surface area contributed by atoms with E-state index in [1.54, 1.807) is 32.2 Å². The molecule has 0 saturated carbocycles. The monoisotopic (exact) mass is 280 g/mol. The van der Waals surface area contributed by atoms with Gasteiger partial charge in [-0.05, 0) is 19.1 Å². The number of urea groups is 1. The molecule has 110 valence electrons. The third-order valence-electron chi connectivity index (χ3n) is 2.65. The van der Waals surface area contributed by atoms with Gasteiger partial charge in [-0.1, -0.05) is 12.1 Å². The zero-order valence-corrected chi connectivity index (χ0v) is 12.0. The molecule has 6 heteroatoms. The van der Waals surface area contributed by atoms with E-state index in [0.29, 0.717) is 24.6 Å². The minimum Gasteiger partial charge on any atom is -0.495 e. The molecule has 1 rings (SSSR count). The van der Waals surface area contributed by atoms with Crippen molar-refractivity contribution < 1.29 is 19.1 Å². The summed E-state index contributed by atoms with van der Waals surface area (Å²) in [5.41, 5.74) is 0.586. The van der Waals surface area contributed by atoms with Gasteiger partial charge in [-0.25, -0.2) is 4.79 Å². The van der Waals surface area contributed by atoms with Crippen LogP contribution in [0.4, 0.5) is 10.5 Å². The van der Waals surface area contributed by atoms with Crippen molar-refractivity contribution in [2.75, 3.05) is 32.6 Å². The molecule has 0 aliphatic carbocycles. The molecule has 1 N–H and O–H groups in total. The molecule has 0 spiro atoms. The molecule has 1 aromatic rings. The van der Waals surface area contributed by atoms with E-state index in [1.165, 1.54) is 12.0 Å². The molecular formula is C14H20N2O4. The van der Waals surface area contributed by atoms with Gasteiger partial charge in [0.05, 0.1) is 25.8 Å². The minimum atomic E-state index is -0.315. The first kappa shape index (κ1) is 15.8. The number of esters is 1. The lowest BCUT2D eigenvalue weighted by atomic mass is 10.3. The summed E-state index contributed by atoms with van der Waals surface area (Å²) in [6.07, 6.45) is 0.170. The number of hydrogen-bond donors (Lipinski definition) is 1. The number of rotatable bonds is 6. The first-order chi connectivity index (χ1) is 9.58. The topological polar surface area (TPSA) is 67.9 Å². The van der Waals surface area contributed by atoms with Crippen LogP contribution in [0.5, 0.6) is 5.75 Å². The summed E-state index contributed by atoms with van der Waals surface area (Å²) in [5.74, 6) is 0.268. The van der Waals surface area contributed by atoms with Gasteiger partial charge in [0.25, 0.3) is 0 Å². The molecule has 0 aromatic heterocycles. The normalized spacial score (nSPS) is 9.75. The molecule has 0 aliphatic heterocycles. The Labute approximate surface area is 118 Å². The smallest absolute Gasteiger partial charge is 0.321 e. The van der Waals surface area contributed by atoms with Gasteiger partial charge >= 0.3 is 12.0 Å². The number of nitrogens with one attached hydrogen (secondary N) is 1. The molecule has 2 amide bonds. The SMILES string of the molecule is CCOC(=O)CCN(C)C(=O)Nc1ccccc1OC. The molecule has 6 nitrogen and oxygen atoms in total. The molecule has 0 atom stereocenters. The van der Waals surface area contributed by atoms with Crippen LogP contribution in [0.15, 0.2) is 24.3 Å². The second-order valence-electron chi connectivity index (χ2n) is 4.11. The second-order valence-corrected chi connectivity index (χ2v) is 4.11. The highest BCUT2D eigenvalue weighted by atomic mass is 16.5. The quantitative estimate of drug-likeness (QED) is 0.810. The number of benzene rings is 1. The zero-order chi connectivity index (χ0) is 15.0. The van der Waals surface area contributed by atoms with Crippen molar-refractivity contribution in [1.29, 1.82) is 0 Å². The van der Waals surface area contributed by atoms with Crippen molar-refractivity contribution in [1.82, 2.24) is 4.90 Å². The van der Waals surface area contributed by atoms with Crippen molar-refractivity contribution in [2.45, 2.75) is 13.3 Å². The maximum Gasteiger partial charge on any atom is 0.321 e. The fraction of sp³-hybridized carbons (Fsp3) is 0.429. The van der Waals surface area contributed by atoms with Crippen molar-refractivity contribution in [2.24, 2.45) is 0 Å². The number of para-hydroxylation sites is 2. The van der Waals surface area contributed by atoms with Gasteiger partial charge in [-0.2, -0.15) is 0 Å². The summed E-state index contributed by atoms with van der Waals surface area (Å²) < 4.78 is 9.96. The highest BCUT2D eigenvalue weighted by molar-refractivity contribution is 5.91. The van der Waals surface area contributed by atoms with Crippen LogP contribution in [0, 0.1) is 0 Å². The summed E-state index contributed by atoms with van der Waals surface area (Å²) in [6, 6.07) is 6.82. The number of hydrogen-bond acceptors (Lipinski definition) is 4. The number of amides is 2. The standard InChI is InChI=1S/C14H20N2O4/c1-4-20-13(17)9-10-16(2)14(18)15-11-7-5-6-8-12(11)19-3/h5-8H,4,9-10H2,1-3H3,(H,15,18). The Morgan fingerprint density at radius 2 is 2.00 bits per heavy atom. The van der Waals surface area contributed by atoms with Gasteiger partial charge in [0, 0.05) is 13.6 Å². The highest BCUT2D eigenvalue weighted by Crippen LogP contribution is 2.23. The van der Waals surface area contributed by atoms with Crippen molar-refractivity contribution in [3.8, 4) is 5.75 Å². The Morgan fingerprint density at radius 1 is 1.30 bits per heavy atom. The van der Waals surface area contributed by atoms with E-state index in [1.807, 2.05) is 6.07 Å². The van der Waals surface area contributed by atoms with E-state index in [2.05, 4.69) is 5.32 Å². The minimum absolute atomic E-state index is 0.170. The predicted molar refractivity (Wildman–Crippen MR) is 75.9 cm³/mol. The van der Waals surface area contributed by atoms with Gasteiger partial charge in [0.1, 0.15) is 5.75 Å². The van der Waals surface area contributed by atoms with E-state index in [0.717, 1.165) is 0 Å². The number of carbonyl (C=O) groups is 2. The van der Waals surface area contributed by atoms with Gasteiger partial charge in [-0.15, -0.1) is 0 Å². The lowest BCUT2D eigenvalue weighted by Gasteiger charge is -2.18. The number of carbonyl (C=O) groups excluding carboxylic acids is 2. The highest BCUT2D eigenvalue weighted by Gasteiger charge is 2.13. The van der Waals surface area contributed by atoms with Crippen LogP contribution >= 0.6 is 0 Å². The summed E-state index contributed by atoms with van der Waals surface area (Å²) in [4.78, 5) is 24.6. The van der Waals surface area contributed by atoms with E-state index in [-0.39, 0.29) is 18.4 Å². The lowest BCUT2D eigenvalue weighted by Crippen LogP contribution is -2.33. The van der Waals surface area contributed by atoms with E-state index >= 15 is 0 Å². The van der Waals surface area contributed by atoms with Crippen LogP contribution in [0.1, 0.15) is 13.3 Å².